The van der Waals surface area contributed by atoms with Gasteiger partial charge in [0.1, 0.15) is 5.82 Å². The number of benzene rings is 1. The Bertz CT molecular complexity index is 830. The highest BCUT2D eigenvalue weighted by Crippen LogP contribution is 2.30. The molecule has 0 unspecified atom stereocenters. The average molecular weight is 350 g/mol. The van der Waals surface area contributed by atoms with Gasteiger partial charge in [0.2, 0.25) is 0 Å². The predicted octanol–water partition coefficient (Wildman–Crippen LogP) is 3.57. The van der Waals surface area contributed by atoms with Gasteiger partial charge in [0.25, 0.3) is 5.56 Å². The Kier molecular flexibility index (Phi) is 5.12. The molecule has 0 aliphatic carbocycles. The van der Waals surface area contributed by atoms with E-state index in [1.54, 1.807) is 40.9 Å². The van der Waals surface area contributed by atoms with Crippen molar-refractivity contribution in [2.24, 2.45) is 0 Å². The van der Waals surface area contributed by atoms with Crippen molar-refractivity contribution < 1.29 is 0 Å². The van der Waals surface area contributed by atoms with Gasteiger partial charge in [0.05, 0.1) is 16.7 Å². The number of hydrogen-bond acceptors (Lipinski definition) is 7. The molecular formula is C14H14N4OS3. The van der Waals surface area contributed by atoms with E-state index in [1.807, 2.05) is 18.2 Å². The van der Waals surface area contributed by atoms with E-state index in [2.05, 4.69) is 27.1 Å². The van der Waals surface area contributed by atoms with Crippen LogP contribution in [0.25, 0.3) is 10.9 Å². The Morgan fingerprint density at radius 3 is 2.77 bits per heavy atom. The third kappa shape index (κ3) is 3.68. The standard InChI is InChI=1S/C14H14N4OS3/c1-2-7-20-13-17-18-14(22-13)21-8-11-15-10-6-4-3-5-9(10)12(19)16-11/h3-6H,2,7-8H2,1H3,(H,15,16,19). The number of thioether (sulfide) groups is 2. The van der Waals surface area contributed by atoms with Crippen molar-refractivity contribution in [2.75, 3.05) is 5.75 Å². The van der Waals surface area contributed by atoms with E-state index in [1.165, 1.54) is 0 Å². The highest BCUT2D eigenvalue weighted by molar-refractivity contribution is 8.02. The lowest BCUT2D eigenvalue weighted by Crippen LogP contribution is -2.11. The summed E-state index contributed by atoms with van der Waals surface area (Å²) in [7, 11) is 0. The van der Waals surface area contributed by atoms with E-state index in [0.717, 1.165) is 26.4 Å². The molecule has 0 radical (unpaired) electrons. The van der Waals surface area contributed by atoms with Gasteiger partial charge in [-0.25, -0.2) is 4.98 Å². The van der Waals surface area contributed by atoms with E-state index >= 15 is 0 Å². The summed E-state index contributed by atoms with van der Waals surface area (Å²) in [5.41, 5.74) is 0.621. The van der Waals surface area contributed by atoms with Crippen LogP contribution in [-0.2, 0) is 5.75 Å². The summed E-state index contributed by atoms with van der Waals surface area (Å²) in [4.78, 5) is 19.3. The summed E-state index contributed by atoms with van der Waals surface area (Å²) in [5, 5.41) is 8.93. The number of para-hydroxylation sites is 1. The van der Waals surface area contributed by atoms with Crippen LogP contribution in [-0.4, -0.2) is 25.9 Å². The molecule has 114 valence electrons. The molecule has 0 aliphatic heterocycles. The van der Waals surface area contributed by atoms with Gasteiger partial charge < -0.3 is 4.98 Å². The van der Waals surface area contributed by atoms with Gasteiger partial charge >= 0.3 is 0 Å². The number of H-pyrrole nitrogens is 1. The highest BCUT2D eigenvalue weighted by atomic mass is 32.2. The number of hydrogen-bond donors (Lipinski definition) is 1. The van der Waals surface area contributed by atoms with Gasteiger partial charge in [-0.2, -0.15) is 0 Å². The maximum Gasteiger partial charge on any atom is 0.258 e. The maximum atomic E-state index is 12.0. The zero-order valence-corrected chi connectivity index (χ0v) is 14.4. The third-order valence-electron chi connectivity index (χ3n) is 2.81. The van der Waals surface area contributed by atoms with Crippen molar-refractivity contribution in [1.82, 2.24) is 20.2 Å². The van der Waals surface area contributed by atoms with Gasteiger partial charge in [0.15, 0.2) is 8.68 Å². The number of aromatic amines is 1. The van der Waals surface area contributed by atoms with Gasteiger partial charge in [0, 0.05) is 5.75 Å². The van der Waals surface area contributed by atoms with Crippen LogP contribution >= 0.6 is 34.9 Å². The lowest BCUT2D eigenvalue weighted by Gasteiger charge is -2.01. The first-order chi connectivity index (χ1) is 10.8. The second kappa shape index (κ2) is 7.26. The Hall–Kier alpha value is -1.38. The van der Waals surface area contributed by atoms with Crippen LogP contribution in [0.4, 0.5) is 0 Å². The normalized spacial score (nSPS) is 11.1. The number of nitrogens with zero attached hydrogens (tertiary/aromatic N) is 3. The van der Waals surface area contributed by atoms with E-state index in [4.69, 9.17) is 0 Å². The molecule has 0 saturated carbocycles. The third-order valence-corrected chi connectivity index (χ3v) is 6.22. The summed E-state index contributed by atoms with van der Waals surface area (Å²) >= 11 is 4.85. The summed E-state index contributed by atoms with van der Waals surface area (Å²) < 4.78 is 1.89. The number of aromatic nitrogens is 4. The zero-order valence-electron chi connectivity index (χ0n) is 11.9. The Labute approximate surface area is 140 Å². The average Bonchev–Trinajstić information content (AvgIpc) is 2.99. The quantitative estimate of drug-likeness (QED) is 0.685. The van der Waals surface area contributed by atoms with Crippen LogP contribution in [0, 0.1) is 0 Å². The summed E-state index contributed by atoms with van der Waals surface area (Å²) in [6, 6.07) is 7.35. The van der Waals surface area contributed by atoms with Crippen LogP contribution in [0.5, 0.6) is 0 Å². The van der Waals surface area contributed by atoms with E-state index < -0.39 is 0 Å². The highest BCUT2D eigenvalue weighted by Gasteiger charge is 2.08. The van der Waals surface area contributed by atoms with E-state index in [0.29, 0.717) is 17.0 Å². The first-order valence-corrected chi connectivity index (χ1v) is 9.62. The van der Waals surface area contributed by atoms with Crippen LogP contribution in [0.3, 0.4) is 0 Å². The molecule has 0 aliphatic rings. The topological polar surface area (TPSA) is 71.5 Å². The molecule has 0 fully saturated rings. The predicted molar refractivity (Wildman–Crippen MR) is 92.8 cm³/mol. The van der Waals surface area contributed by atoms with Gasteiger partial charge in [-0.15, -0.1) is 10.2 Å². The molecule has 2 aromatic heterocycles. The molecule has 1 N–H and O–H groups in total. The first-order valence-electron chi connectivity index (χ1n) is 6.83. The van der Waals surface area contributed by atoms with E-state index in [-0.39, 0.29) is 5.56 Å². The zero-order chi connectivity index (χ0) is 15.4. The maximum absolute atomic E-state index is 12.0. The minimum absolute atomic E-state index is 0.0994. The molecule has 5 nitrogen and oxygen atoms in total. The largest absolute Gasteiger partial charge is 0.309 e. The van der Waals surface area contributed by atoms with Crippen LogP contribution in [0.2, 0.25) is 0 Å². The van der Waals surface area contributed by atoms with E-state index in [9.17, 15) is 4.79 Å². The molecule has 0 amide bonds. The fourth-order valence-electron chi connectivity index (χ4n) is 1.84. The summed E-state index contributed by atoms with van der Waals surface area (Å²) in [6.07, 6.45) is 1.12. The molecule has 3 aromatic rings. The van der Waals surface area contributed by atoms with Gasteiger partial charge in [-0.05, 0) is 18.6 Å². The molecule has 0 atom stereocenters. The number of nitrogens with one attached hydrogen (secondary N) is 1. The molecule has 22 heavy (non-hydrogen) atoms. The molecule has 1 aromatic carbocycles. The Morgan fingerprint density at radius 2 is 1.95 bits per heavy atom. The monoisotopic (exact) mass is 350 g/mol. The van der Waals surface area contributed by atoms with Crippen LogP contribution in [0.1, 0.15) is 19.2 Å². The number of rotatable bonds is 6. The molecule has 0 saturated heterocycles. The molecule has 2 heterocycles. The molecule has 3 rings (SSSR count). The van der Waals surface area contributed by atoms with Crippen molar-refractivity contribution in [1.29, 1.82) is 0 Å². The summed E-state index contributed by atoms with van der Waals surface area (Å²) in [5.74, 6) is 2.29. The minimum Gasteiger partial charge on any atom is -0.309 e. The SMILES string of the molecule is CCCSc1nnc(SCc2nc3ccccc3c(=O)[nH]2)s1. The molecule has 0 bridgehead atoms. The fourth-order valence-corrected chi connectivity index (χ4v) is 4.65. The smallest absolute Gasteiger partial charge is 0.258 e. The van der Waals surface area contributed by atoms with Crippen molar-refractivity contribution >= 4 is 45.8 Å². The van der Waals surface area contributed by atoms with Crippen molar-refractivity contribution in [3.63, 3.8) is 0 Å². The second-order valence-corrected chi connectivity index (χ2v) is 8.04. The first kappa shape index (κ1) is 15.5. The van der Waals surface area contributed by atoms with Crippen molar-refractivity contribution in [2.45, 2.75) is 27.8 Å². The lowest BCUT2D eigenvalue weighted by molar-refractivity contribution is 0.950. The van der Waals surface area contributed by atoms with Crippen molar-refractivity contribution in [3.8, 4) is 0 Å². The molecule has 0 spiro atoms. The Balaban J connectivity index is 1.71. The number of fused-ring (bicyclic) bond motifs is 1. The van der Waals surface area contributed by atoms with Gasteiger partial charge in [-0.3, -0.25) is 4.79 Å². The van der Waals surface area contributed by atoms with Crippen LogP contribution in [0.15, 0.2) is 37.7 Å². The Morgan fingerprint density at radius 1 is 1.18 bits per heavy atom. The lowest BCUT2D eigenvalue weighted by atomic mass is 10.2. The molecule has 8 heteroatoms. The van der Waals surface area contributed by atoms with Gasteiger partial charge in [-0.1, -0.05) is 53.9 Å². The van der Waals surface area contributed by atoms with Crippen molar-refractivity contribution in [3.05, 3.63) is 40.4 Å². The van der Waals surface area contributed by atoms with Crippen LogP contribution < -0.4 is 5.56 Å². The summed E-state index contributed by atoms with van der Waals surface area (Å²) in [6.45, 7) is 2.14. The fraction of sp³-hybridized carbons (Fsp3) is 0.286. The molecular weight excluding hydrogens is 336 g/mol. The minimum atomic E-state index is -0.0994. The second-order valence-electron chi connectivity index (χ2n) is 4.50.